The van der Waals surface area contributed by atoms with Crippen molar-refractivity contribution in [1.29, 1.82) is 0 Å². The lowest BCUT2D eigenvalue weighted by Gasteiger charge is -2.30. The van der Waals surface area contributed by atoms with Gasteiger partial charge in [-0.1, -0.05) is 0 Å². The number of aromatic amines is 1. The smallest absolute Gasteiger partial charge is 0.228 e. The zero-order valence-electron chi connectivity index (χ0n) is 8.99. The van der Waals surface area contributed by atoms with Crippen LogP contribution >= 0.6 is 0 Å². The number of H-pyrrole nitrogens is 1. The molecule has 0 spiro atoms. The molecule has 0 radical (unpaired) electrons. The highest BCUT2D eigenvalue weighted by atomic mass is 16.2. The van der Waals surface area contributed by atoms with E-state index in [1.54, 1.807) is 0 Å². The van der Waals surface area contributed by atoms with Crippen LogP contribution in [0.1, 0.15) is 5.69 Å². The van der Waals surface area contributed by atoms with Gasteiger partial charge in [-0.2, -0.15) is 0 Å². The molecule has 0 aromatic carbocycles. The van der Waals surface area contributed by atoms with Gasteiger partial charge in [-0.25, -0.2) is 0 Å². The number of nitrogens with one attached hydrogen (secondary N) is 2. The predicted molar refractivity (Wildman–Crippen MR) is 58.5 cm³/mol. The van der Waals surface area contributed by atoms with Crippen molar-refractivity contribution in [1.82, 2.24) is 15.2 Å². The standard InChI is InChI=1S/C11H17N3O/c1-14(11(15)9-7-12-8-9)6-4-10-3-2-5-13-10/h2-3,5,9,12-13H,4,6-8H2,1H3. The van der Waals surface area contributed by atoms with Crippen molar-refractivity contribution in [3.05, 3.63) is 24.0 Å². The summed E-state index contributed by atoms with van der Waals surface area (Å²) in [6, 6.07) is 4.02. The summed E-state index contributed by atoms with van der Waals surface area (Å²) in [7, 11) is 1.88. The third kappa shape index (κ3) is 2.39. The zero-order chi connectivity index (χ0) is 10.7. The number of nitrogens with zero attached hydrogens (tertiary/aromatic N) is 1. The van der Waals surface area contributed by atoms with Crippen molar-refractivity contribution in [3.8, 4) is 0 Å². The highest BCUT2D eigenvalue weighted by Crippen LogP contribution is 2.07. The van der Waals surface area contributed by atoms with Crippen LogP contribution in [0.5, 0.6) is 0 Å². The molecule has 0 saturated carbocycles. The molecule has 1 aromatic heterocycles. The molecule has 1 aliphatic heterocycles. The average Bonchev–Trinajstić information content (AvgIpc) is 2.63. The molecule has 1 saturated heterocycles. The molecule has 82 valence electrons. The normalized spacial score (nSPS) is 16.1. The van der Waals surface area contributed by atoms with Crippen LogP contribution in [-0.2, 0) is 11.2 Å². The summed E-state index contributed by atoms with van der Waals surface area (Å²) in [5.41, 5.74) is 1.18. The van der Waals surface area contributed by atoms with Crippen molar-refractivity contribution >= 4 is 5.91 Å². The van der Waals surface area contributed by atoms with Crippen LogP contribution in [0, 0.1) is 5.92 Å². The van der Waals surface area contributed by atoms with E-state index in [0.29, 0.717) is 0 Å². The number of hydrogen-bond donors (Lipinski definition) is 2. The lowest BCUT2D eigenvalue weighted by molar-refractivity contribution is -0.135. The molecule has 1 aliphatic rings. The van der Waals surface area contributed by atoms with Crippen LogP contribution in [0.3, 0.4) is 0 Å². The molecule has 15 heavy (non-hydrogen) atoms. The molecule has 0 bridgehead atoms. The van der Waals surface area contributed by atoms with E-state index in [2.05, 4.69) is 10.3 Å². The van der Waals surface area contributed by atoms with Gasteiger partial charge in [0.15, 0.2) is 0 Å². The van der Waals surface area contributed by atoms with Gasteiger partial charge < -0.3 is 15.2 Å². The number of amides is 1. The zero-order valence-corrected chi connectivity index (χ0v) is 8.99. The van der Waals surface area contributed by atoms with Gasteiger partial charge in [0.05, 0.1) is 5.92 Å². The maximum Gasteiger partial charge on any atom is 0.228 e. The molecule has 2 rings (SSSR count). The Balaban J connectivity index is 1.76. The number of aromatic nitrogens is 1. The van der Waals surface area contributed by atoms with Gasteiger partial charge in [0.1, 0.15) is 0 Å². The molecule has 4 nitrogen and oxygen atoms in total. The third-order valence-electron chi connectivity index (χ3n) is 2.89. The van der Waals surface area contributed by atoms with E-state index >= 15 is 0 Å². The summed E-state index contributed by atoms with van der Waals surface area (Å²) in [5.74, 6) is 0.471. The molecule has 1 amide bonds. The maximum absolute atomic E-state index is 11.8. The van der Waals surface area contributed by atoms with Crippen LogP contribution < -0.4 is 5.32 Å². The van der Waals surface area contributed by atoms with Crippen LogP contribution in [0.25, 0.3) is 0 Å². The SMILES string of the molecule is CN(CCc1ccc[nH]1)C(=O)C1CNC1. The van der Waals surface area contributed by atoms with E-state index in [0.717, 1.165) is 26.1 Å². The minimum atomic E-state index is 0.207. The summed E-state index contributed by atoms with van der Waals surface area (Å²) in [5, 5.41) is 3.11. The molecular weight excluding hydrogens is 190 g/mol. The minimum absolute atomic E-state index is 0.207. The van der Waals surface area contributed by atoms with Crippen molar-refractivity contribution < 1.29 is 4.79 Å². The Morgan fingerprint density at radius 2 is 2.40 bits per heavy atom. The predicted octanol–water partition coefficient (Wildman–Crippen LogP) is 0.235. The Kier molecular flexibility index (Phi) is 3.06. The topological polar surface area (TPSA) is 48.1 Å². The Hall–Kier alpha value is -1.29. The Labute approximate surface area is 89.7 Å². The first kappa shape index (κ1) is 10.2. The number of hydrogen-bond acceptors (Lipinski definition) is 2. The number of rotatable bonds is 4. The number of carbonyl (C=O) groups is 1. The van der Waals surface area contributed by atoms with Gasteiger partial charge in [-0.3, -0.25) is 4.79 Å². The van der Waals surface area contributed by atoms with Gasteiger partial charge in [0.25, 0.3) is 0 Å². The summed E-state index contributed by atoms with van der Waals surface area (Å²) in [4.78, 5) is 16.7. The number of carbonyl (C=O) groups excluding carboxylic acids is 1. The van der Waals surface area contributed by atoms with E-state index in [-0.39, 0.29) is 11.8 Å². The summed E-state index contributed by atoms with van der Waals surface area (Å²) in [6.07, 6.45) is 2.81. The van der Waals surface area contributed by atoms with Gasteiger partial charge in [0.2, 0.25) is 5.91 Å². The molecule has 1 fully saturated rings. The van der Waals surface area contributed by atoms with Crippen molar-refractivity contribution in [3.63, 3.8) is 0 Å². The lowest BCUT2D eigenvalue weighted by Crippen LogP contribution is -2.51. The fraction of sp³-hybridized carbons (Fsp3) is 0.545. The van der Waals surface area contributed by atoms with Gasteiger partial charge in [-0.05, 0) is 12.1 Å². The molecule has 2 N–H and O–H groups in total. The van der Waals surface area contributed by atoms with Crippen molar-refractivity contribution in [2.75, 3.05) is 26.7 Å². The van der Waals surface area contributed by atoms with Crippen LogP contribution in [-0.4, -0.2) is 42.5 Å². The maximum atomic E-state index is 11.8. The first-order valence-electron chi connectivity index (χ1n) is 5.35. The highest BCUT2D eigenvalue weighted by molar-refractivity contribution is 5.79. The number of likely N-dealkylation sites (N-methyl/N-ethyl adjacent to an activating group) is 1. The van der Waals surface area contributed by atoms with Gasteiger partial charge in [0, 0.05) is 45.0 Å². The van der Waals surface area contributed by atoms with E-state index < -0.39 is 0 Å². The summed E-state index contributed by atoms with van der Waals surface area (Å²) in [6.45, 7) is 2.47. The van der Waals surface area contributed by atoms with Gasteiger partial charge in [-0.15, -0.1) is 0 Å². The van der Waals surface area contributed by atoms with Crippen LogP contribution in [0.4, 0.5) is 0 Å². The molecule has 0 unspecified atom stereocenters. The molecule has 4 heteroatoms. The first-order chi connectivity index (χ1) is 7.27. The monoisotopic (exact) mass is 207 g/mol. The molecule has 1 aromatic rings. The lowest BCUT2D eigenvalue weighted by atomic mass is 10.0. The largest absolute Gasteiger partial charge is 0.365 e. The van der Waals surface area contributed by atoms with Gasteiger partial charge >= 0.3 is 0 Å². The quantitative estimate of drug-likeness (QED) is 0.742. The van der Waals surface area contributed by atoms with Crippen molar-refractivity contribution in [2.45, 2.75) is 6.42 Å². The second-order valence-electron chi connectivity index (χ2n) is 4.06. The van der Waals surface area contributed by atoms with E-state index in [1.807, 2.05) is 30.3 Å². The summed E-state index contributed by atoms with van der Waals surface area (Å²) >= 11 is 0. The Morgan fingerprint density at radius 1 is 1.60 bits per heavy atom. The average molecular weight is 207 g/mol. The van der Waals surface area contributed by atoms with E-state index in [1.165, 1.54) is 5.69 Å². The van der Waals surface area contributed by atoms with Crippen LogP contribution in [0.2, 0.25) is 0 Å². The second kappa shape index (κ2) is 4.49. The fourth-order valence-corrected chi connectivity index (χ4v) is 1.70. The molecule has 2 heterocycles. The minimum Gasteiger partial charge on any atom is -0.365 e. The van der Waals surface area contributed by atoms with Crippen molar-refractivity contribution in [2.24, 2.45) is 5.92 Å². The fourth-order valence-electron chi connectivity index (χ4n) is 1.70. The first-order valence-corrected chi connectivity index (χ1v) is 5.35. The van der Waals surface area contributed by atoms with E-state index in [9.17, 15) is 4.79 Å². The molecular formula is C11H17N3O. The molecule has 0 aliphatic carbocycles. The highest BCUT2D eigenvalue weighted by Gasteiger charge is 2.27. The Morgan fingerprint density at radius 3 is 2.93 bits per heavy atom. The van der Waals surface area contributed by atoms with E-state index in [4.69, 9.17) is 0 Å². The second-order valence-corrected chi connectivity index (χ2v) is 4.06. The van der Waals surface area contributed by atoms with Crippen LogP contribution in [0.15, 0.2) is 18.3 Å². The Bertz CT molecular complexity index is 317. The molecule has 0 atom stereocenters. The summed E-state index contributed by atoms with van der Waals surface area (Å²) < 4.78 is 0. The third-order valence-corrected chi connectivity index (χ3v) is 2.89.